The highest BCUT2D eigenvalue weighted by Crippen LogP contribution is 2.47. The zero-order valence-corrected chi connectivity index (χ0v) is 16.8. The first-order valence-electron chi connectivity index (χ1n) is 9.32. The van der Waals surface area contributed by atoms with Crippen molar-refractivity contribution in [1.29, 1.82) is 5.26 Å². The molecule has 1 aliphatic heterocycles. The molecule has 1 aromatic carbocycles. The molecule has 142 valence electrons. The molecule has 0 spiro atoms. The molecule has 1 unspecified atom stereocenters. The van der Waals surface area contributed by atoms with Crippen molar-refractivity contribution in [2.45, 2.75) is 33.2 Å². The Hall–Kier alpha value is -3.26. The second kappa shape index (κ2) is 6.72. The zero-order valence-electron chi connectivity index (χ0n) is 16.8. The van der Waals surface area contributed by atoms with Crippen molar-refractivity contribution >= 4 is 0 Å². The van der Waals surface area contributed by atoms with Crippen molar-refractivity contribution in [3.05, 3.63) is 53.0 Å². The molecule has 0 N–H and O–H groups in total. The molecule has 0 fully saturated rings. The Morgan fingerprint density at radius 2 is 1.86 bits per heavy atom. The number of aromatic nitrogens is 2. The summed E-state index contributed by atoms with van der Waals surface area (Å²) >= 11 is 0. The van der Waals surface area contributed by atoms with Crippen LogP contribution < -0.4 is 9.47 Å². The predicted molar refractivity (Wildman–Crippen MR) is 109 cm³/mol. The van der Waals surface area contributed by atoms with Crippen molar-refractivity contribution < 1.29 is 9.47 Å². The van der Waals surface area contributed by atoms with Crippen LogP contribution in [0.25, 0.3) is 22.4 Å². The maximum Gasteiger partial charge on any atom is 0.161 e. The number of rotatable bonds is 3. The highest BCUT2D eigenvalue weighted by atomic mass is 16.5. The van der Waals surface area contributed by atoms with Gasteiger partial charge in [-0.1, -0.05) is 0 Å². The minimum Gasteiger partial charge on any atom is -0.493 e. The van der Waals surface area contributed by atoms with Crippen LogP contribution in [0, 0.1) is 25.2 Å². The highest BCUT2D eigenvalue weighted by molar-refractivity contribution is 5.87. The first-order valence-corrected chi connectivity index (χ1v) is 9.32. The Balaban J connectivity index is 2.08. The lowest BCUT2D eigenvalue weighted by atomic mass is 9.91. The first-order chi connectivity index (χ1) is 13.5. The van der Waals surface area contributed by atoms with Crippen molar-refractivity contribution in [3.63, 3.8) is 0 Å². The smallest absolute Gasteiger partial charge is 0.161 e. The summed E-state index contributed by atoms with van der Waals surface area (Å²) < 4.78 is 13.3. The van der Waals surface area contributed by atoms with E-state index in [0.29, 0.717) is 17.1 Å². The Labute approximate surface area is 165 Å². The average molecular weight is 373 g/mol. The molecule has 0 amide bonds. The standard InChI is InChI=1S/C23H23N3O2/c1-13-12-25-7-6-17(13)22-15(3)26-14(2)8-16-9-20(27-4)21(28-5)10-18(16)23(26)19(22)11-24/h6-7,9-10,12,14H,8H2,1-5H3. The fraction of sp³-hybridized carbons (Fsp3) is 0.304. The molecule has 4 rings (SSSR count). The van der Waals surface area contributed by atoms with Crippen LogP contribution in [0.4, 0.5) is 0 Å². The van der Waals surface area contributed by atoms with Gasteiger partial charge in [-0.2, -0.15) is 5.26 Å². The fourth-order valence-electron chi connectivity index (χ4n) is 4.44. The number of methoxy groups -OCH3 is 2. The van der Waals surface area contributed by atoms with Crippen molar-refractivity contribution in [1.82, 2.24) is 9.55 Å². The molecule has 0 saturated heterocycles. The van der Waals surface area contributed by atoms with E-state index in [-0.39, 0.29) is 6.04 Å². The molecule has 1 aliphatic rings. The molecule has 2 aromatic heterocycles. The zero-order chi connectivity index (χ0) is 20.0. The van der Waals surface area contributed by atoms with Gasteiger partial charge in [0, 0.05) is 35.3 Å². The number of nitriles is 1. The molecule has 0 bridgehead atoms. The van der Waals surface area contributed by atoms with Gasteiger partial charge in [0.05, 0.1) is 25.5 Å². The monoisotopic (exact) mass is 373 g/mol. The molecule has 0 saturated carbocycles. The minimum atomic E-state index is 0.239. The second-order valence-electron chi connectivity index (χ2n) is 7.27. The van der Waals surface area contributed by atoms with Gasteiger partial charge in [-0.15, -0.1) is 0 Å². The van der Waals surface area contributed by atoms with Crippen molar-refractivity contribution in [2.75, 3.05) is 14.2 Å². The summed E-state index contributed by atoms with van der Waals surface area (Å²) in [5, 5.41) is 10.1. The van der Waals surface area contributed by atoms with Gasteiger partial charge < -0.3 is 14.0 Å². The number of aryl methyl sites for hydroxylation is 1. The van der Waals surface area contributed by atoms with E-state index in [0.717, 1.165) is 40.1 Å². The highest BCUT2D eigenvalue weighted by Gasteiger charge is 2.31. The van der Waals surface area contributed by atoms with Crippen LogP contribution in [0.1, 0.15) is 35.3 Å². The van der Waals surface area contributed by atoms with Crippen LogP contribution in [0.2, 0.25) is 0 Å². The lowest BCUT2D eigenvalue weighted by molar-refractivity contribution is 0.354. The summed E-state index contributed by atoms with van der Waals surface area (Å²) in [6.45, 7) is 6.33. The number of pyridine rings is 1. The van der Waals surface area contributed by atoms with E-state index < -0.39 is 0 Å². The van der Waals surface area contributed by atoms with E-state index in [4.69, 9.17) is 9.47 Å². The van der Waals surface area contributed by atoms with Gasteiger partial charge in [-0.25, -0.2) is 0 Å². The Morgan fingerprint density at radius 3 is 2.50 bits per heavy atom. The summed E-state index contributed by atoms with van der Waals surface area (Å²) in [6.07, 6.45) is 4.50. The number of hydrogen-bond donors (Lipinski definition) is 0. The summed E-state index contributed by atoms with van der Waals surface area (Å²) in [5.74, 6) is 1.39. The van der Waals surface area contributed by atoms with E-state index in [2.05, 4.69) is 29.5 Å². The van der Waals surface area contributed by atoms with Gasteiger partial charge in [0.2, 0.25) is 0 Å². The number of fused-ring (bicyclic) bond motifs is 3. The van der Waals surface area contributed by atoms with Crippen LogP contribution in [0.15, 0.2) is 30.6 Å². The summed E-state index contributed by atoms with van der Waals surface area (Å²) in [4.78, 5) is 4.21. The lowest BCUT2D eigenvalue weighted by Crippen LogP contribution is -2.17. The normalized spacial score (nSPS) is 14.8. The van der Waals surface area contributed by atoms with Gasteiger partial charge in [-0.05, 0) is 62.1 Å². The van der Waals surface area contributed by atoms with E-state index in [1.807, 2.05) is 31.3 Å². The van der Waals surface area contributed by atoms with Crippen molar-refractivity contribution in [3.8, 4) is 40.0 Å². The molecule has 28 heavy (non-hydrogen) atoms. The molecule has 0 aliphatic carbocycles. The predicted octanol–water partition coefficient (Wildman–Crippen LogP) is 4.84. The van der Waals surface area contributed by atoms with E-state index in [9.17, 15) is 5.26 Å². The number of hydrogen-bond acceptors (Lipinski definition) is 4. The van der Waals surface area contributed by atoms with Gasteiger partial charge in [0.15, 0.2) is 11.5 Å². The molecule has 3 heterocycles. The Morgan fingerprint density at radius 1 is 1.14 bits per heavy atom. The summed E-state index contributed by atoms with van der Waals surface area (Å²) in [6, 6.07) is 8.75. The van der Waals surface area contributed by atoms with Crippen LogP contribution in [-0.2, 0) is 6.42 Å². The van der Waals surface area contributed by atoms with Gasteiger partial charge in [-0.3, -0.25) is 4.98 Å². The first kappa shape index (κ1) is 18.1. The van der Waals surface area contributed by atoms with Crippen LogP contribution in [-0.4, -0.2) is 23.8 Å². The fourth-order valence-corrected chi connectivity index (χ4v) is 4.44. The Bertz CT molecular complexity index is 1120. The number of ether oxygens (including phenoxy) is 2. The topological polar surface area (TPSA) is 60.1 Å². The van der Waals surface area contributed by atoms with Gasteiger partial charge >= 0.3 is 0 Å². The molecule has 5 heteroatoms. The number of benzene rings is 1. The second-order valence-corrected chi connectivity index (χ2v) is 7.27. The summed E-state index contributed by atoms with van der Waals surface area (Å²) in [7, 11) is 3.28. The third-order valence-electron chi connectivity index (χ3n) is 5.67. The van der Waals surface area contributed by atoms with Crippen LogP contribution >= 0.6 is 0 Å². The largest absolute Gasteiger partial charge is 0.493 e. The van der Waals surface area contributed by atoms with Gasteiger partial charge in [0.1, 0.15) is 6.07 Å². The van der Waals surface area contributed by atoms with Gasteiger partial charge in [0.25, 0.3) is 0 Å². The minimum absolute atomic E-state index is 0.239. The molecule has 5 nitrogen and oxygen atoms in total. The SMILES string of the molecule is COc1cc2c(cc1OC)-c1c(C#N)c(-c3ccncc3C)c(C)n1C(C)C2. The van der Waals surface area contributed by atoms with Crippen LogP contribution in [0.3, 0.4) is 0 Å². The van der Waals surface area contributed by atoms with Crippen molar-refractivity contribution in [2.24, 2.45) is 0 Å². The molecular weight excluding hydrogens is 350 g/mol. The number of nitrogens with zero attached hydrogens (tertiary/aromatic N) is 3. The Kier molecular flexibility index (Phi) is 4.35. The molecular formula is C23H23N3O2. The third-order valence-corrected chi connectivity index (χ3v) is 5.67. The molecule has 0 radical (unpaired) electrons. The summed E-state index contributed by atoms with van der Waals surface area (Å²) in [5.41, 5.74) is 8.08. The average Bonchev–Trinajstić information content (AvgIpc) is 3.00. The maximum atomic E-state index is 10.1. The van der Waals surface area contributed by atoms with E-state index in [1.165, 1.54) is 5.56 Å². The van der Waals surface area contributed by atoms with E-state index in [1.54, 1.807) is 20.4 Å². The quantitative estimate of drug-likeness (QED) is 0.659. The maximum absolute atomic E-state index is 10.1. The van der Waals surface area contributed by atoms with E-state index >= 15 is 0 Å². The lowest BCUT2D eigenvalue weighted by Gasteiger charge is -2.28. The van der Waals surface area contributed by atoms with Crippen LogP contribution in [0.5, 0.6) is 11.5 Å². The molecule has 1 atom stereocenters. The molecule has 3 aromatic rings. The third kappa shape index (κ3) is 2.49.